The van der Waals surface area contributed by atoms with Crippen molar-refractivity contribution in [3.05, 3.63) is 11.5 Å². The number of allylic oxidation sites excluding steroid dienone is 2. The molecule has 1 aliphatic rings. The van der Waals surface area contributed by atoms with Crippen LogP contribution in [0.2, 0.25) is 0 Å². The van der Waals surface area contributed by atoms with Gasteiger partial charge in [0.25, 0.3) is 0 Å². The van der Waals surface area contributed by atoms with Gasteiger partial charge in [0.05, 0.1) is 11.2 Å². The Bertz CT molecular complexity index is 289. The molecule has 1 saturated heterocycles. The summed E-state index contributed by atoms with van der Waals surface area (Å²) >= 11 is 0. The number of carbonyl (C=O) groups excluding carboxylic acids is 1. The quantitative estimate of drug-likeness (QED) is 0.517. The van der Waals surface area contributed by atoms with Crippen LogP contribution in [0.4, 0.5) is 0 Å². The summed E-state index contributed by atoms with van der Waals surface area (Å²) in [6.07, 6.45) is 1.56. The van der Waals surface area contributed by atoms with Crippen LogP contribution in [-0.4, -0.2) is 24.1 Å². The van der Waals surface area contributed by atoms with Gasteiger partial charge in [-0.2, -0.15) is 0 Å². The summed E-state index contributed by atoms with van der Waals surface area (Å²) in [5, 5.41) is 0. The van der Waals surface area contributed by atoms with Gasteiger partial charge in [-0.15, -0.1) is 0 Å². The summed E-state index contributed by atoms with van der Waals surface area (Å²) in [4.78, 5) is 10.9. The molecule has 84 valence electrons. The Labute approximate surface area is 92.0 Å². The van der Waals surface area contributed by atoms with Gasteiger partial charge < -0.3 is 9.31 Å². The molecule has 0 aliphatic carbocycles. The molecule has 0 bridgehead atoms. The molecule has 1 rings (SSSR count). The lowest BCUT2D eigenvalue weighted by atomic mass is 9.79. The van der Waals surface area contributed by atoms with Gasteiger partial charge in [-0.1, -0.05) is 0 Å². The lowest BCUT2D eigenvalue weighted by Crippen LogP contribution is -2.41. The predicted octanol–water partition coefficient (Wildman–Crippen LogP) is 2.15. The van der Waals surface area contributed by atoms with Crippen LogP contribution in [0.15, 0.2) is 11.5 Å². The Kier molecular flexibility index (Phi) is 3.12. The highest BCUT2D eigenvalue weighted by Crippen LogP contribution is 2.38. The highest BCUT2D eigenvalue weighted by molar-refractivity contribution is 6.55. The molecule has 0 saturated carbocycles. The minimum Gasteiger partial charge on any atom is -0.400 e. The van der Waals surface area contributed by atoms with Gasteiger partial charge in [-0.25, -0.2) is 0 Å². The smallest absolute Gasteiger partial charge is 0.400 e. The van der Waals surface area contributed by atoms with Gasteiger partial charge in [0.15, 0.2) is 5.78 Å². The molecular weight excluding hydrogens is 191 g/mol. The van der Waals surface area contributed by atoms with Crippen molar-refractivity contribution in [3.63, 3.8) is 0 Å². The zero-order chi connectivity index (χ0) is 11.9. The van der Waals surface area contributed by atoms with Crippen LogP contribution in [0.25, 0.3) is 0 Å². The van der Waals surface area contributed by atoms with Gasteiger partial charge in [0, 0.05) is 0 Å². The van der Waals surface area contributed by atoms with Gasteiger partial charge >= 0.3 is 7.12 Å². The van der Waals surface area contributed by atoms with Crippen molar-refractivity contribution in [2.75, 3.05) is 0 Å². The molecular formula is C11H19BO3. The molecule has 3 nitrogen and oxygen atoms in total. The Morgan fingerprint density at radius 2 is 1.47 bits per heavy atom. The second-order valence-electron chi connectivity index (χ2n) is 5.09. The fraction of sp³-hybridized carbons (Fsp3) is 0.727. The first-order chi connectivity index (χ1) is 6.66. The first-order valence-electron chi connectivity index (χ1n) is 5.20. The van der Waals surface area contributed by atoms with E-state index in [-0.39, 0.29) is 17.0 Å². The largest absolute Gasteiger partial charge is 0.490 e. The maximum Gasteiger partial charge on any atom is 0.490 e. The molecule has 0 aromatic heterocycles. The zero-order valence-electron chi connectivity index (χ0n) is 10.4. The van der Waals surface area contributed by atoms with Crippen molar-refractivity contribution in [2.45, 2.75) is 52.7 Å². The van der Waals surface area contributed by atoms with Crippen LogP contribution in [-0.2, 0) is 14.1 Å². The maximum absolute atomic E-state index is 10.9. The van der Waals surface area contributed by atoms with Gasteiger partial charge in [0.1, 0.15) is 0 Å². The van der Waals surface area contributed by atoms with E-state index in [2.05, 4.69) is 0 Å². The molecule has 1 heterocycles. The van der Waals surface area contributed by atoms with Crippen molar-refractivity contribution in [1.82, 2.24) is 0 Å². The van der Waals surface area contributed by atoms with Gasteiger partial charge in [-0.05, 0) is 53.1 Å². The van der Waals surface area contributed by atoms with E-state index < -0.39 is 7.12 Å². The number of hydrogen-bond donors (Lipinski definition) is 0. The summed E-state index contributed by atoms with van der Waals surface area (Å²) in [6, 6.07) is 0. The van der Waals surface area contributed by atoms with E-state index in [9.17, 15) is 4.79 Å². The van der Waals surface area contributed by atoms with Crippen molar-refractivity contribution in [3.8, 4) is 0 Å². The minimum atomic E-state index is -0.404. The third kappa shape index (κ3) is 2.50. The van der Waals surface area contributed by atoms with Gasteiger partial charge in [0.2, 0.25) is 0 Å². The molecule has 1 aliphatic heterocycles. The summed E-state index contributed by atoms with van der Waals surface area (Å²) in [6.45, 7) is 11.3. The highest BCUT2D eigenvalue weighted by atomic mass is 16.7. The molecule has 0 N–H and O–H groups in total. The zero-order valence-corrected chi connectivity index (χ0v) is 10.4. The van der Waals surface area contributed by atoms with Crippen LogP contribution in [0.5, 0.6) is 0 Å². The summed E-state index contributed by atoms with van der Waals surface area (Å²) in [5.41, 5.74) is 0.133. The van der Waals surface area contributed by atoms with E-state index >= 15 is 0 Å². The predicted molar refractivity (Wildman–Crippen MR) is 60.5 cm³/mol. The van der Waals surface area contributed by atoms with Crippen LogP contribution in [0, 0.1) is 0 Å². The molecule has 0 atom stereocenters. The Hall–Kier alpha value is -0.605. The first kappa shape index (κ1) is 12.5. The number of ketones is 1. The van der Waals surface area contributed by atoms with Crippen molar-refractivity contribution in [1.29, 1.82) is 0 Å². The van der Waals surface area contributed by atoms with Crippen molar-refractivity contribution in [2.24, 2.45) is 0 Å². The van der Waals surface area contributed by atoms with Crippen LogP contribution in [0.1, 0.15) is 41.5 Å². The minimum absolute atomic E-state index is 0.0159. The molecule has 0 spiro atoms. The fourth-order valence-electron chi connectivity index (χ4n) is 1.42. The molecule has 0 unspecified atom stereocenters. The van der Waals surface area contributed by atoms with Crippen molar-refractivity contribution < 1.29 is 14.1 Å². The van der Waals surface area contributed by atoms with E-state index in [4.69, 9.17) is 9.31 Å². The van der Waals surface area contributed by atoms with E-state index in [1.54, 1.807) is 6.08 Å². The lowest BCUT2D eigenvalue weighted by molar-refractivity contribution is -0.112. The Morgan fingerprint density at radius 1 is 1.07 bits per heavy atom. The molecule has 0 radical (unpaired) electrons. The molecule has 15 heavy (non-hydrogen) atoms. The second-order valence-corrected chi connectivity index (χ2v) is 5.09. The standard InChI is InChI=1S/C11H19BO3/c1-8(7-9(2)13)12-14-10(3,4)11(5,6)15-12/h7H,1-6H3/b8-7+. The summed E-state index contributed by atoms with van der Waals surface area (Å²) < 4.78 is 11.6. The van der Waals surface area contributed by atoms with Crippen LogP contribution in [0.3, 0.4) is 0 Å². The summed E-state index contributed by atoms with van der Waals surface area (Å²) in [5.74, 6) is 0.0159. The summed E-state index contributed by atoms with van der Waals surface area (Å²) in [7, 11) is -0.404. The molecule has 0 aromatic carbocycles. The lowest BCUT2D eigenvalue weighted by Gasteiger charge is -2.32. The topological polar surface area (TPSA) is 35.5 Å². The molecule has 1 fully saturated rings. The van der Waals surface area contributed by atoms with E-state index in [0.717, 1.165) is 5.47 Å². The van der Waals surface area contributed by atoms with Crippen LogP contribution < -0.4 is 0 Å². The van der Waals surface area contributed by atoms with E-state index in [1.165, 1.54) is 6.92 Å². The molecule has 0 amide bonds. The third-order valence-electron chi connectivity index (χ3n) is 3.06. The molecule has 0 aromatic rings. The van der Waals surface area contributed by atoms with E-state index in [0.29, 0.717) is 0 Å². The normalized spacial score (nSPS) is 24.4. The number of hydrogen-bond acceptors (Lipinski definition) is 3. The van der Waals surface area contributed by atoms with E-state index in [1.807, 2.05) is 34.6 Å². The SMILES string of the molecule is CC(=O)/C=C(\C)B1OC(C)(C)C(C)(C)O1. The first-order valence-corrected chi connectivity index (χ1v) is 5.20. The van der Waals surface area contributed by atoms with Crippen LogP contribution >= 0.6 is 0 Å². The average molecular weight is 210 g/mol. The monoisotopic (exact) mass is 210 g/mol. The molecule has 4 heteroatoms. The van der Waals surface area contributed by atoms with Gasteiger partial charge in [-0.3, -0.25) is 4.79 Å². The van der Waals surface area contributed by atoms with Crippen molar-refractivity contribution >= 4 is 12.9 Å². The second kappa shape index (κ2) is 3.76. The Morgan fingerprint density at radius 3 is 1.80 bits per heavy atom. The number of carbonyl (C=O) groups is 1. The fourth-order valence-corrected chi connectivity index (χ4v) is 1.42. The average Bonchev–Trinajstić information content (AvgIpc) is 2.20. The Balaban J connectivity index is 2.84. The third-order valence-corrected chi connectivity index (χ3v) is 3.06. The number of rotatable bonds is 2. The highest BCUT2D eigenvalue weighted by Gasteiger charge is 2.51. The maximum atomic E-state index is 10.9.